The topological polar surface area (TPSA) is 74.6 Å². The normalized spacial score (nSPS) is 12.1. The van der Waals surface area contributed by atoms with Gasteiger partial charge in [-0.15, -0.1) is 0 Å². The summed E-state index contributed by atoms with van der Waals surface area (Å²) in [6, 6.07) is 5.09. The first-order valence-electron chi connectivity index (χ1n) is 5.17. The Hall–Kier alpha value is -1.75. The predicted molar refractivity (Wildman–Crippen MR) is 58.2 cm³/mol. The fraction of sp³-hybridized carbons (Fsp3) is 0.333. The molecule has 0 saturated heterocycles. The molecule has 0 fully saturated rings. The van der Waals surface area contributed by atoms with E-state index in [0.29, 0.717) is 5.56 Å². The standard InChI is InChI=1S/C12H13FO4/c13-9-3-1-8(2-4-9)11(15)6-5-10(14)7-12(16)17/h1-4,10,14H,5-7H2,(H,16,17). The lowest BCUT2D eigenvalue weighted by Gasteiger charge is -2.06. The first-order valence-corrected chi connectivity index (χ1v) is 5.17. The van der Waals surface area contributed by atoms with Gasteiger partial charge in [0, 0.05) is 12.0 Å². The molecule has 0 aliphatic heterocycles. The molecule has 1 atom stereocenters. The van der Waals surface area contributed by atoms with E-state index in [1.54, 1.807) is 0 Å². The van der Waals surface area contributed by atoms with Gasteiger partial charge in [0.15, 0.2) is 5.78 Å². The third kappa shape index (κ3) is 4.74. The van der Waals surface area contributed by atoms with E-state index in [1.807, 2.05) is 0 Å². The number of rotatable bonds is 6. The summed E-state index contributed by atoms with van der Waals surface area (Å²) in [5.41, 5.74) is 0.355. The van der Waals surface area contributed by atoms with Crippen molar-refractivity contribution in [2.24, 2.45) is 0 Å². The zero-order valence-electron chi connectivity index (χ0n) is 9.10. The van der Waals surface area contributed by atoms with Crippen LogP contribution in [0.5, 0.6) is 0 Å². The highest BCUT2D eigenvalue weighted by Crippen LogP contribution is 2.10. The number of aliphatic hydroxyl groups is 1. The lowest BCUT2D eigenvalue weighted by atomic mass is 10.0. The van der Waals surface area contributed by atoms with Crippen molar-refractivity contribution >= 4 is 11.8 Å². The Morgan fingerprint density at radius 3 is 2.35 bits per heavy atom. The molecule has 0 bridgehead atoms. The van der Waals surface area contributed by atoms with Crippen molar-refractivity contribution in [3.05, 3.63) is 35.6 Å². The van der Waals surface area contributed by atoms with Crippen LogP contribution in [-0.2, 0) is 4.79 Å². The molecule has 0 spiro atoms. The Bertz CT molecular complexity index is 399. The van der Waals surface area contributed by atoms with Gasteiger partial charge in [-0.1, -0.05) is 0 Å². The zero-order valence-corrected chi connectivity index (χ0v) is 9.10. The first kappa shape index (κ1) is 13.3. The van der Waals surface area contributed by atoms with E-state index >= 15 is 0 Å². The molecular weight excluding hydrogens is 227 g/mol. The average Bonchev–Trinajstić information content (AvgIpc) is 2.26. The number of hydrogen-bond acceptors (Lipinski definition) is 3. The van der Waals surface area contributed by atoms with Gasteiger partial charge in [-0.25, -0.2) is 4.39 Å². The number of Topliss-reactive ketones (excluding diaryl/α,β-unsaturated/α-hetero) is 1. The number of carboxylic acid groups (broad SMARTS) is 1. The second-order valence-electron chi connectivity index (χ2n) is 3.72. The molecule has 1 unspecified atom stereocenters. The van der Waals surface area contributed by atoms with Gasteiger partial charge in [0.25, 0.3) is 0 Å². The van der Waals surface area contributed by atoms with Gasteiger partial charge in [0.1, 0.15) is 5.82 Å². The molecule has 0 heterocycles. The van der Waals surface area contributed by atoms with Gasteiger partial charge in [-0.3, -0.25) is 9.59 Å². The summed E-state index contributed by atoms with van der Waals surface area (Å²) in [4.78, 5) is 21.8. The maximum atomic E-state index is 12.6. The zero-order chi connectivity index (χ0) is 12.8. The Morgan fingerprint density at radius 1 is 1.24 bits per heavy atom. The van der Waals surface area contributed by atoms with Crippen molar-refractivity contribution in [1.29, 1.82) is 0 Å². The van der Waals surface area contributed by atoms with E-state index in [9.17, 15) is 19.1 Å². The van der Waals surface area contributed by atoms with Gasteiger partial charge >= 0.3 is 5.97 Å². The van der Waals surface area contributed by atoms with Crippen LogP contribution in [0.15, 0.2) is 24.3 Å². The molecule has 5 heteroatoms. The maximum Gasteiger partial charge on any atom is 0.305 e. The van der Waals surface area contributed by atoms with Crippen molar-refractivity contribution in [3.8, 4) is 0 Å². The molecule has 1 rings (SSSR count). The van der Waals surface area contributed by atoms with Crippen molar-refractivity contribution in [1.82, 2.24) is 0 Å². The number of aliphatic hydroxyl groups excluding tert-OH is 1. The number of carbonyl (C=O) groups is 2. The van der Waals surface area contributed by atoms with E-state index < -0.39 is 17.9 Å². The molecule has 0 saturated carbocycles. The fourth-order valence-corrected chi connectivity index (χ4v) is 1.38. The minimum atomic E-state index is -1.10. The second-order valence-corrected chi connectivity index (χ2v) is 3.72. The van der Waals surface area contributed by atoms with E-state index in [4.69, 9.17) is 5.11 Å². The monoisotopic (exact) mass is 240 g/mol. The molecule has 0 radical (unpaired) electrons. The van der Waals surface area contributed by atoms with Gasteiger partial charge in [0.2, 0.25) is 0 Å². The first-order chi connectivity index (χ1) is 7.99. The molecule has 2 N–H and O–H groups in total. The highest BCUT2D eigenvalue weighted by molar-refractivity contribution is 5.96. The molecule has 4 nitrogen and oxygen atoms in total. The summed E-state index contributed by atoms with van der Waals surface area (Å²) in [6.07, 6.45) is -1.28. The van der Waals surface area contributed by atoms with Gasteiger partial charge in [-0.05, 0) is 30.7 Å². The van der Waals surface area contributed by atoms with Crippen molar-refractivity contribution < 1.29 is 24.2 Å². The number of aliphatic carboxylic acids is 1. The van der Waals surface area contributed by atoms with Crippen LogP contribution in [0, 0.1) is 5.82 Å². The van der Waals surface area contributed by atoms with Crippen LogP contribution >= 0.6 is 0 Å². The maximum absolute atomic E-state index is 12.6. The van der Waals surface area contributed by atoms with Gasteiger partial charge < -0.3 is 10.2 Å². The lowest BCUT2D eigenvalue weighted by molar-refractivity contribution is -0.139. The lowest BCUT2D eigenvalue weighted by Crippen LogP contribution is -2.14. The van der Waals surface area contributed by atoms with E-state index in [1.165, 1.54) is 24.3 Å². The van der Waals surface area contributed by atoms with E-state index in [2.05, 4.69) is 0 Å². The number of carbonyl (C=O) groups excluding carboxylic acids is 1. The number of hydrogen-bond donors (Lipinski definition) is 2. The summed E-state index contributed by atoms with van der Waals surface area (Å²) >= 11 is 0. The minimum absolute atomic E-state index is 0.0417. The average molecular weight is 240 g/mol. The SMILES string of the molecule is O=C(O)CC(O)CCC(=O)c1ccc(F)cc1. The summed E-state index contributed by atoms with van der Waals surface area (Å²) < 4.78 is 12.6. The Labute approximate surface area is 97.7 Å². The largest absolute Gasteiger partial charge is 0.481 e. The second kappa shape index (κ2) is 6.10. The van der Waals surface area contributed by atoms with Gasteiger partial charge in [0.05, 0.1) is 12.5 Å². The van der Waals surface area contributed by atoms with Crippen LogP contribution in [0.3, 0.4) is 0 Å². The van der Waals surface area contributed by atoms with Crippen molar-refractivity contribution in [3.63, 3.8) is 0 Å². The third-order valence-electron chi connectivity index (χ3n) is 2.28. The van der Waals surface area contributed by atoms with Crippen LogP contribution < -0.4 is 0 Å². The quantitative estimate of drug-likeness (QED) is 0.741. The van der Waals surface area contributed by atoms with E-state index in [-0.39, 0.29) is 25.0 Å². The third-order valence-corrected chi connectivity index (χ3v) is 2.28. The van der Waals surface area contributed by atoms with Crippen LogP contribution in [0.2, 0.25) is 0 Å². The Kier molecular flexibility index (Phi) is 4.78. The molecule has 0 aliphatic rings. The molecule has 0 amide bonds. The minimum Gasteiger partial charge on any atom is -0.481 e. The molecule has 92 valence electrons. The highest BCUT2D eigenvalue weighted by Gasteiger charge is 2.12. The Balaban J connectivity index is 2.44. The van der Waals surface area contributed by atoms with Crippen molar-refractivity contribution in [2.75, 3.05) is 0 Å². The molecule has 0 aromatic heterocycles. The van der Waals surface area contributed by atoms with Crippen molar-refractivity contribution in [2.45, 2.75) is 25.4 Å². The Morgan fingerprint density at radius 2 is 1.82 bits per heavy atom. The summed E-state index contributed by atoms with van der Waals surface area (Å²) in [7, 11) is 0. The summed E-state index contributed by atoms with van der Waals surface area (Å²) in [5.74, 6) is -1.77. The highest BCUT2D eigenvalue weighted by atomic mass is 19.1. The molecule has 17 heavy (non-hydrogen) atoms. The van der Waals surface area contributed by atoms with Crippen LogP contribution in [-0.4, -0.2) is 28.1 Å². The van der Waals surface area contributed by atoms with Crippen LogP contribution in [0.1, 0.15) is 29.6 Å². The van der Waals surface area contributed by atoms with Crippen LogP contribution in [0.25, 0.3) is 0 Å². The predicted octanol–water partition coefficient (Wildman–Crippen LogP) is 1.62. The van der Waals surface area contributed by atoms with E-state index in [0.717, 1.165) is 0 Å². The number of ketones is 1. The number of carboxylic acids is 1. The summed E-state index contributed by atoms with van der Waals surface area (Å²) in [5, 5.41) is 17.7. The molecule has 1 aromatic carbocycles. The molecule has 0 aliphatic carbocycles. The smallest absolute Gasteiger partial charge is 0.305 e. The number of benzene rings is 1. The summed E-state index contributed by atoms with van der Waals surface area (Å²) in [6.45, 7) is 0. The molecular formula is C12H13FO4. The number of halogens is 1. The van der Waals surface area contributed by atoms with Crippen LogP contribution in [0.4, 0.5) is 4.39 Å². The van der Waals surface area contributed by atoms with Gasteiger partial charge in [-0.2, -0.15) is 0 Å². The fourth-order valence-electron chi connectivity index (χ4n) is 1.38. The molecule has 1 aromatic rings.